The van der Waals surface area contributed by atoms with Gasteiger partial charge in [-0.2, -0.15) is 0 Å². The highest BCUT2D eigenvalue weighted by Crippen LogP contribution is 2.21. The number of carbonyl (C=O) groups excluding carboxylic acids is 2. The van der Waals surface area contributed by atoms with Gasteiger partial charge in [-0.15, -0.1) is 0 Å². The highest BCUT2D eigenvalue weighted by atomic mass is 16.3. The Morgan fingerprint density at radius 1 is 1.31 bits per heavy atom. The van der Waals surface area contributed by atoms with Crippen molar-refractivity contribution in [3.63, 3.8) is 0 Å². The van der Waals surface area contributed by atoms with Crippen molar-refractivity contribution in [2.75, 3.05) is 26.0 Å². The van der Waals surface area contributed by atoms with E-state index in [0.717, 1.165) is 27.9 Å². The monoisotopic (exact) mass is 390 g/mol. The van der Waals surface area contributed by atoms with Gasteiger partial charge in [-0.05, 0) is 36.9 Å². The summed E-state index contributed by atoms with van der Waals surface area (Å²) in [7, 11) is 3.62. The van der Waals surface area contributed by atoms with E-state index in [1.807, 2.05) is 48.3 Å². The summed E-state index contributed by atoms with van der Waals surface area (Å²) in [4.78, 5) is 32.1. The zero-order valence-corrected chi connectivity index (χ0v) is 16.4. The molecule has 0 spiro atoms. The van der Waals surface area contributed by atoms with Crippen molar-refractivity contribution < 1.29 is 14.0 Å². The number of likely N-dealkylation sites (N-methyl/N-ethyl adjacent to an activating group) is 2. The number of fused-ring (bicyclic) bond motifs is 2. The second-order valence-corrected chi connectivity index (χ2v) is 7.28. The molecule has 3 aromatic rings. The molecule has 1 aromatic carbocycles. The minimum absolute atomic E-state index is 0.0792. The van der Waals surface area contributed by atoms with Crippen LogP contribution < -0.4 is 5.32 Å². The van der Waals surface area contributed by atoms with Crippen molar-refractivity contribution in [2.45, 2.75) is 13.1 Å². The van der Waals surface area contributed by atoms with Gasteiger partial charge in [-0.1, -0.05) is 18.2 Å². The fourth-order valence-electron chi connectivity index (χ4n) is 3.34. The third kappa shape index (κ3) is 4.35. The van der Waals surface area contributed by atoms with Gasteiger partial charge in [0.15, 0.2) is 0 Å². The Hall–Kier alpha value is -3.45. The van der Waals surface area contributed by atoms with Crippen LogP contribution in [0.15, 0.2) is 53.1 Å². The maximum atomic E-state index is 12.5. The van der Waals surface area contributed by atoms with Crippen LogP contribution in [0, 0.1) is 0 Å². The Morgan fingerprint density at radius 2 is 2.14 bits per heavy atom. The Morgan fingerprint density at radius 3 is 2.97 bits per heavy atom. The quantitative estimate of drug-likeness (QED) is 0.693. The lowest BCUT2D eigenvalue weighted by atomic mass is 10.1. The molecule has 7 nitrogen and oxygen atoms in total. The van der Waals surface area contributed by atoms with Gasteiger partial charge in [0, 0.05) is 36.8 Å². The van der Waals surface area contributed by atoms with Gasteiger partial charge in [-0.3, -0.25) is 14.5 Å². The third-order valence-electron chi connectivity index (χ3n) is 4.76. The maximum Gasteiger partial charge on any atom is 0.246 e. The van der Waals surface area contributed by atoms with Gasteiger partial charge in [-0.25, -0.2) is 4.98 Å². The Balaban J connectivity index is 1.44. The van der Waals surface area contributed by atoms with Crippen LogP contribution in [0.3, 0.4) is 0 Å². The number of hydrogen-bond donors (Lipinski definition) is 1. The number of anilines is 1. The number of furan rings is 1. The average Bonchev–Trinajstić information content (AvgIpc) is 3.02. The molecule has 0 saturated carbocycles. The molecule has 0 saturated heterocycles. The van der Waals surface area contributed by atoms with Crippen LogP contribution in [0.2, 0.25) is 0 Å². The normalized spacial score (nSPS) is 14.6. The second kappa shape index (κ2) is 7.89. The van der Waals surface area contributed by atoms with Crippen LogP contribution in [0.25, 0.3) is 17.0 Å². The molecule has 0 unspecified atom stereocenters. The summed E-state index contributed by atoms with van der Waals surface area (Å²) in [6.45, 7) is 1.33. The molecule has 7 heteroatoms. The van der Waals surface area contributed by atoms with Crippen molar-refractivity contribution in [3.8, 4) is 0 Å². The van der Waals surface area contributed by atoms with E-state index in [0.29, 0.717) is 25.5 Å². The molecule has 0 radical (unpaired) electrons. The molecular weight excluding hydrogens is 368 g/mol. The van der Waals surface area contributed by atoms with Gasteiger partial charge >= 0.3 is 0 Å². The van der Waals surface area contributed by atoms with Crippen LogP contribution in [-0.2, 0) is 22.7 Å². The highest BCUT2D eigenvalue weighted by molar-refractivity contribution is 5.93. The number of pyridine rings is 1. The van der Waals surface area contributed by atoms with E-state index in [9.17, 15) is 9.59 Å². The Labute approximate surface area is 168 Å². The molecule has 1 N–H and O–H groups in total. The number of aromatic nitrogens is 1. The van der Waals surface area contributed by atoms with E-state index >= 15 is 0 Å². The molecule has 0 bridgehead atoms. The van der Waals surface area contributed by atoms with Crippen molar-refractivity contribution >= 4 is 34.7 Å². The number of nitrogens with one attached hydrogen (secondary N) is 1. The molecule has 3 heterocycles. The lowest BCUT2D eigenvalue weighted by Crippen LogP contribution is -2.26. The summed E-state index contributed by atoms with van der Waals surface area (Å²) in [6, 6.07) is 11.7. The van der Waals surface area contributed by atoms with Crippen molar-refractivity contribution in [2.24, 2.45) is 0 Å². The van der Waals surface area contributed by atoms with E-state index in [4.69, 9.17) is 4.42 Å². The minimum Gasteiger partial charge on any atom is -0.459 e. The fraction of sp³-hybridized carbons (Fsp3) is 0.227. The standard InChI is InChI=1S/C22H22N4O3/c1-25-12-17-9-15(11-23-22(17)24-20(27)14-25)7-8-21(28)26(2)13-18-10-16-5-3-4-6-19(16)29-18/h3-11H,12-14H2,1-2H3,(H,23,24,27)/b8-7+. The summed E-state index contributed by atoms with van der Waals surface area (Å²) in [5, 5.41) is 3.82. The number of para-hydroxylation sites is 1. The van der Waals surface area contributed by atoms with Gasteiger partial charge in [0.25, 0.3) is 0 Å². The predicted octanol–water partition coefficient (Wildman–Crippen LogP) is 2.88. The number of hydrogen-bond acceptors (Lipinski definition) is 5. The second-order valence-electron chi connectivity index (χ2n) is 7.28. The van der Waals surface area contributed by atoms with E-state index in [-0.39, 0.29) is 11.8 Å². The first-order valence-corrected chi connectivity index (χ1v) is 9.36. The smallest absolute Gasteiger partial charge is 0.246 e. The topological polar surface area (TPSA) is 78.7 Å². The number of carbonyl (C=O) groups is 2. The third-order valence-corrected chi connectivity index (χ3v) is 4.76. The van der Waals surface area contributed by atoms with Crippen LogP contribution in [0.4, 0.5) is 5.82 Å². The van der Waals surface area contributed by atoms with E-state index < -0.39 is 0 Å². The lowest BCUT2D eigenvalue weighted by Gasteiger charge is -2.13. The van der Waals surface area contributed by atoms with E-state index in [2.05, 4.69) is 10.3 Å². The highest BCUT2D eigenvalue weighted by Gasteiger charge is 2.17. The number of benzene rings is 1. The molecule has 0 atom stereocenters. The zero-order valence-electron chi connectivity index (χ0n) is 16.4. The first kappa shape index (κ1) is 18.9. The summed E-state index contributed by atoms with van der Waals surface area (Å²) >= 11 is 0. The molecule has 0 aliphatic carbocycles. The van der Waals surface area contributed by atoms with Gasteiger partial charge in [0.05, 0.1) is 13.1 Å². The average molecular weight is 390 g/mol. The predicted molar refractivity (Wildman–Crippen MR) is 111 cm³/mol. The fourth-order valence-corrected chi connectivity index (χ4v) is 3.34. The number of nitrogens with zero attached hydrogens (tertiary/aromatic N) is 3. The summed E-state index contributed by atoms with van der Waals surface area (Å²) in [5.74, 6) is 1.10. The van der Waals surface area contributed by atoms with Crippen LogP contribution in [-0.4, -0.2) is 47.2 Å². The Kier molecular flexibility index (Phi) is 5.14. The van der Waals surface area contributed by atoms with Crippen molar-refractivity contribution in [3.05, 3.63) is 65.6 Å². The molecule has 29 heavy (non-hydrogen) atoms. The van der Waals surface area contributed by atoms with Gasteiger partial charge < -0.3 is 14.6 Å². The number of amides is 2. The van der Waals surface area contributed by atoms with Gasteiger partial charge in [0.2, 0.25) is 11.8 Å². The maximum absolute atomic E-state index is 12.5. The van der Waals surface area contributed by atoms with E-state index in [1.54, 1.807) is 24.2 Å². The molecule has 4 rings (SSSR count). The first-order valence-electron chi connectivity index (χ1n) is 9.36. The minimum atomic E-state index is -0.134. The molecule has 1 aliphatic heterocycles. The summed E-state index contributed by atoms with van der Waals surface area (Å²) in [5.41, 5.74) is 2.54. The largest absolute Gasteiger partial charge is 0.459 e. The van der Waals surface area contributed by atoms with Crippen LogP contribution in [0.1, 0.15) is 16.9 Å². The van der Waals surface area contributed by atoms with Crippen LogP contribution in [0.5, 0.6) is 0 Å². The molecule has 2 aromatic heterocycles. The summed E-state index contributed by atoms with van der Waals surface area (Å²) in [6.07, 6.45) is 4.90. The Bertz CT molecular complexity index is 1070. The molecule has 1 aliphatic rings. The molecule has 148 valence electrons. The zero-order chi connectivity index (χ0) is 20.4. The summed E-state index contributed by atoms with van der Waals surface area (Å²) < 4.78 is 5.78. The molecule has 0 fully saturated rings. The lowest BCUT2D eigenvalue weighted by molar-refractivity contribution is -0.125. The molecular formula is C22H22N4O3. The van der Waals surface area contributed by atoms with Crippen molar-refractivity contribution in [1.29, 1.82) is 0 Å². The molecule has 2 amide bonds. The van der Waals surface area contributed by atoms with Crippen molar-refractivity contribution in [1.82, 2.24) is 14.8 Å². The van der Waals surface area contributed by atoms with Gasteiger partial charge in [0.1, 0.15) is 17.2 Å². The number of rotatable bonds is 4. The van der Waals surface area contributed by atoms with Crippen LogP contribution >= 0.6 is 0 Å². The van der Waals surface area contributed by atoms with E-state index in [1.165, 1.54) is 6.08 Å². The SMILES string of the molecule is CN1CC(=O)Nc2ncc(/C=C/C(=O)N(C)Cc3cc4ccccc4o3)cc2C1. The first-order chi connectivity index (χ1) is 14.0.